The van der Waals surface area contributed by atoms with E-state index in [1.54, 1.807) is 11.3 Å². The maximum absolute atomic E-state index is 5.71. The Balaban J connectivity index is 0.00000364. The average Bonchev–Trinajstić information content (AvgIpc) is 3.20. The molecule has 2 N–H and O–H groups in total. The Kier molecular flexibility index (Phi) is 11.6. The monoisotopic (exact) mass is 501 g/mol. The molecule has 2 aromatic rings. The number of halogens is 1. The minimum absolute atomic E-state index is 0. The molecule has 1 aromatic carbocycles. The van der Waals surface area contributed by atoms with Crippen molar-refractivity contribution in [1.82, 2.24) is 10.6 Å². The number of hydrogen-bond acceptors (Lipinski definition) is 3. The van der Waals surface area contributed by atoms with Crippen LogP contribution in [0.15, 0.2) is 52.8 Å². The fourth-order valence-corrected chi connectivity index (χ4v) is 3.43. The zero-order valence-electron chi connectivity index (χ0n) is 16.5. The lowest BCUT2D eigenvalue weighted by molar-refractivity contribution is 0.117. The number of thiophene rings is 1. The Morgan fingerprint density at radius 3 is 2.52 bits per heavy atom. The third-order valence-electron chi connectivity index (χ3n) is 4.23. The Labute approximate surface area is 184 Å². The largest absolute Gasteiger partial charge is 0.377 e. The first-order valence-electron chi connectivity index (χ1n) is 9.22. The van der Waals surface area contributed by atoms with Gasteiger partial charge in [0.05, 0.1) is 6.61 Å². The smallest absolute Gasteiger partial charge is 0.191 e. The van der Waals surface area contributed by atoms with Crippen molar-refractivity contribution in [3.8, 4) is 0 Å². The van der Waals surface area contributed by atoms with Crippen LogP contribution in [0.25, 0.3) is 0 Å². The molecule has 0 saturated heterocycles. The highest BCUT2D eigenvalue weighted by atomic mass is 127. The molecular formula is C21H32IN3OS. The molecule has 0 amide bonds. The molecule has 0 spiro atoms. The van der Waals surface area contributed by atoms with Gasteiger partial charge in [-0.05, 0) is 29.9 Å². The molecule has 2 rings (SSSR count). The van der Waals surface area contributed by atoms with Gasteiger partial charge in [0.25, 0.3) is 0 Å². The van der Waals surface area contributed by atoms with E-state index in [-0.39, 0.29) is 29.4 Å². The second-order valence-electron chi connectivity index (χ2n) is 6.96. The summed E-state index contributed by atoms with van der Waals surface area (Å²) in [7, 11) is 1.82. The van der Waals surface area contributed by atoms with E-state index >= 15 is 0 Å². The van der Waals surface area contributed by atoms with Crippen LogP contribution in [-0.4, -0.2) is 32.7 Å². The molecule has 0 unspecified atom stereocenters. The van der Waals surface area contributed by atoms with Crippen molar-refractivity contribution in [2.45, 2.75) is 38.7 Å². The molecular weight excluding hydrogens is 469 g/mol. The van der Waals surface area contributed by atoms with E-state index in [0.29, 0.717) is 6.61 Å². The minimum atomic E-state index is 0. The minimum Gasteiger partial charge on any atom is -0.377 e. The molecule has 1 aromatic heterocycles. The first-order valence-corrected chi connectivity index (χ1v) is 10.1. The lowest BCUT2D eigenvalue weighted by atomic mass is 9.91. The summed E-state index contributed by atoms with van der Waals surface area (Å²) in [5.41, 5.74) is 1.32. The van der Waals surface area contributed by atoms with Gasteiger partial charge in [-0.3, -0.25) is 4.99 Å². The van der Waals surface area contributed by atoms with Crippen molar-refractivity contribution in [3.63, 3.8) is 0 Å². The number of benzene rings is 1. The van der Waals surface area contributed by atoms with E-state index in [9.17, 15) is 0 Å². The van der Waals surface area contributed by atoms with E-state index in [1.165, 1.54) is 10.4 Å². The number of guanidine groups is 1. The molecule has 0 saturated carbocycles. The summed E-state index contributed by atoms with van der Waals surface area (Å²) in [5, 5.41) is 8.95. The van der Waals surface area contributed by atoms with Crippen molar-refractivity contribution >= 4 is 41.3 Å². The maximum atomic E-state index is 5.71. The van der Waals surface area contributed by atoms with Crippen LogP contribution in [0.1, 0.15) is 37.1 Å². The summed E-state index contributed by atoms with van der Waals surface area (Å²) in [6.07, 6.45) is 2.10. The second kappa shape index (κ2) is 13.1. The molecule has 0 atom stereocenters. The zero-order valence-corrected chi connectivity index (χ0v) is 19.7. The van der Waals surface area contributed by atoms with Crippen LogP contribution in [0.2, 0.25) is 0 Å². The van der Waals surface area contributed by atoms with Gasteiger partial charge in [0.1, 0.15) is 0 Å². The summed E-state index contributed by atoms with van der Waals surface area (Å²) in [6, 6.07) is 14.6. The van der Waals surface area contributed by atoms with Gasteiger partial charge in [-0.15, -0.1) is 35.3 Å². The van der Waals surface area contributed by atoms with Crippen molar-refractivity contribution < 1.29 is 4.74 Å². The van der Waals surface area contributed by atoms with Crippen molar-refractivity contribution in [2.75, 3.05) is 26.7 Å². The number of hydrogen-bond donors (Lipinski definition) is 2. The van der Waals surface area contributed by atoms with Gasteiger partial charge in [0, 0.05) is 37.0 Å². The lowest BCUT2D eigenvalue weighted by Gasteiger charge is -2.25. The normalized spacial score (nSPS) is 11.7. The predicted molar refractivity (Wildman–Crippen MR) is 127 cm³/mol. The van der Waals surface area contributed by atoms with Gasteiger partial charge in [-0.1, -0.05) is 50.2 Å². The molecule has 1 heterocycles. The predicted octanol–water partition coefficient (Wildman–Crippen LogP) is 4.81. The fourth-order valence-electron chi connectivity index (χ4n) is 2.58. The van der Waals surface area contributed by atoms with Gasteiger partial charge >= 0.3 is 0 Å². The van der Waals surface area contributed by atoms with Crippen LogP contribution in [-0.2, 0) is 16.8 Å². The summed E-state index contributed by atoms with van der Waals surface area (Å²) in [4.78, 5) is 5.70. The van der Waals surface area contributed by atoms with Crippen LogP contribution in [0.3, 0.4) is 0 Å². The number of aliphatic imine (C=N–C) groups is 1. The topological polar surface area (TPSA) is 45.7 Å². The summed E-state index contributed by atoms with van der Waals surface area (Å²) in [5.74, 6) is 0.861. The number of nitrogens with zero attached hydrogens (tertiary/aromatic N) is 1. The highest BCUT2D eigenvalue weighted by molar-refractivity contribution is 14.0. The summed E-state index contributed by atoms with van der Waals surface area (Å²) >= 11 is 1.80. The van der Waals surface area contributed by atoms with E-state index < -0.39 is 0 Å². The second-order valence-corrected chi connectivity index (χ2v) is 7.91. The molecule has 0 fully saturated rings. The maximum Gasteiger partial charge on any atom is 0.191 e. The number of nitrogens with one attached hydrogen (secondary N) is 2. The standard InChI is InChI=1S/C21H31N3OS.HI/c1-21(2,19-12-9-15-26-19)17-24-20(22-3)23-13-7-8-14-25-16-18-10-5-4-6-11-18;/h4-6,9-12,15H,7-8,13-14,16-17H2,1-3H3,(H2,22,23,24);1H. The molecule has 0 radical (unpaired) electrons. The Morgan fingerprint density at radius 1 is 1.07 bits per heavy atom. The van der Waals surface area contributed by atoms with Gasteiger partial charge < -0.3 is 15.4 Å². The quantitative estimate of drug-likeness (QED) is 0.213. The molecule has 0 bridgehead atoms. The van der Waals surface area contributed by atoms with E-state index in [2.05, 4.69) is 59.1 Å². The Hall–Kier alpha value is -1.12. The summed E-state index contributed by atoms with van der Waals surface area (Å²) < 4.78 is 5.71. The van der Waals surface area contributed by atoms with Gasteiger partial charge in [-0.25, -0.2) is 0 Å². The van der Waals surface area contributed by atoms with Crippen LogP contribution in [0.4, 0.5) is 0 Å². The SMILES string of the molecule is CN=C(NCCCCOCc1ccccc1)NCC(C)(C)c1cccs1.I. The first-order chi connectivity index (χ1) is 12.6. The number of rotatable bonds is 10. The molecule has 150 valence electrons. The van der Waals surface area contributed by atoms with Crippen LogP contribution in [0.5, 0.6) is 0 Å². The molecule has 27 heavy (non-hydrogen) atoms. The molecule has 0 aliphatic rings. The van der Waals surface area contributed by atoms with Crippen LogP contribution in [0, 0.1) is 0 Å². The van der Waals surface area contributed by atoms with E-state index in [0.717, 1.165) is 38.5 Å². The van der Waals surface area contributed by atoms with Gasteiger partial charge in [0.15, 0.2) is 5.96 Å². The highest BCUT2D eigenvalue weighted by Crippen LogP contribution is 2.26. The van der Waals surface area contributed by atoms with Crippen LogP contribution < -0.4 is 10.6 Å². The molecule has 6 heteroatoms. The lowest BCUT2D eigenvalue weighted by Crippen LogP contribution is -2.43. The van der Waals surface area contributed by atoms with E-state index in [1.807, 2.05) is 25.2 Å². The number of unbranched alkanes of at least 4 members (excludes halogenated alkanes) is 1. The highest BCUT2D eigenvalue weighted by Gasteiger charge is 2.21. The van der Waals surface area contributed by atoms with E-state index in [4.69, 9.17) is 4.74 Å². The van der Waals surface area contributed by atoms with Crippen molar-refractivity contribution in [1.29, 1.82) is 0 Å². The molecule has 0 aliphatic heterocycles. The summed E-state index contributed by atoms with van der Waals surface area (Å²) in [6.45, 7) is 7.73. The Bertz CT molecular complexity index is 645. The zero-order chi connectivity index (χ0) is 18.7. The van der Waals surface area contributed by atoms with Crippen LogP contribution >= 0.6 is 35.3 Å². The first kappa shape index (κ1) is 23.9. The molecule has 0 aliphatic carbocycles. The third kappa shape index (κ3) is 9.08. The van der Waals surface area contributed by atoms with Gasteiger partial charge in [0.2, 0.25) is 0 Å². The van der Waals surface area contributed by atoms with Crippen molar-refractivity contribution in [3.05, 3.63) is 58.3 Å². The molecule has 4 nitrogen and oxygen atoms in total. The third-order valence-corrected chi connectivity index (χ3v) is 5.46. The average molecular weight is 501 g/mol. The van der Waals surface area contributed by atoms with Gasteiger partial charge in [-0.2, -0.15) is 0 Å². The fraction of sp³-hybridized carbons (Fsp3) is 0.476. The number of ether oxygens (including phenoxy) is 1. The Morgan fingerprint density at radius 2 is 1.85 bits per heavy atom. The van der Waals surface area contributed by atoms with Crippen molar-refractivity contribution in [2.24, 2.45) is 4.99 Å².